The van der Waals surface area contributed by atoms with Gasteiger partial charge in [0.15, 0.2) is 0 Å². The SMILES string of the molecule is CC1(C)CN(CCn2ccccc2=O)CC(CBr)O1. The Morgan fingerprint density at radius 2 is 2.21 bits per heavy atom. The molecule has 1 aliphatic heterocycles. The molecule has 1 aromatic rings. The quantitative estimate of drug-likeness (QED) is 0.789. The Morgan fingerprint density at radius 3 is 2.89 bits per heavy atom. The molecule has 0 radical (unpaired) electrons. The van der Waals surface area contributed by atoms with E-state index in [1.54, 1.807) is 16.7 Å². The van der Waals surface area contributed by atoms with Gasteiger partial charge in [-0.3, -0.25) is 9.69 Å². The predicted molar refractivity (Wildman–Crippen MR) is 79.9 cm³/mol. The molecular formula is C14H21BrN2O2. The first-order valence-corrected chi connectivity index (χ1v) is 7.74. The molecule has 0 amide bonds. The van der Waals surface area contributed by atoms with Crippen LogP contribution >= 0.6 is 15.9 Å². The van der Waals surface area contributed by atoms with Crippen molar-refractivity contribution >= 4 is 15.9 Å². The maximum Gasteiger partial charge on any atom is 0.250 e. The van der Waals surface area contributed by atoms with Crippen molar-refractivity contribution in [1.82, 2.24) is 9.47 Å². The molecule has 5 heteroatoms. The summed E-state index contributed by atoms with van der Waals surface area (Å²) in [7, 11) is 0. The van der Waals surface area contributed by atoms with Crippen LogP contribution < -0.4 is 5.56 Å². The third-order valence-electron chi connectivity index (χ3n) is 3.28. The first-order chi connectivity index (χ1) is 9.00. The molecule has 0 N–H and O–H groups in total. The lowest BCUT2D eigenvalue weighted by Crippen LogP contribution is -2.54. The number of hydrogen-bond acceptors (Lipinski definition) is 3. The lowest BCUT2D eigenvalue weighted by molar-refractivity contribution is -0.126. The molecule has 2 rings (SSSR count). The van der Waals surface area contributed by atoms with Crippen LogP contribution in [0.4, 0.5) is 0 Å². The Bertz CT molecular complexity index is 473. The van der Waals surface area contributed by atoms with E-state index in [2.05, 4.69) is 34.7 Å². The Labute approximate surface area is 122 Å². The van der Waals surface area contributed by atoms with Crippen LogP contribution in [-0.4, -0.2) is 46.1 Å². The van der Waals surface area contributed by atoms with E-state index in [1.807, 2.05) is 12.3 Å². The number of ether oxygens (including phenoxy) is 1. The molecule has 1 atom stereocenters. The van der Waals surface area contributed by atoms with Crippen LogP contribution in [0.25, 0.3) is 0 Å². The summed E-state index contributed by atoms with van der Waals surface area (Å²) < 4.78 is 7.73. The Hall–Kier alpha value is -0.650. The molecule has 106 valence electrons. The smallest absolute Gasteiger partial charge is 0.250 e. The minimum atomic E-state index is -0.127. The third-order valence-corrected chi connectivity index (χ3v) is 4.00. The van der Waals surface area contributed by atoms with E-state index >= 15 is 0 Å². The van der Waals surface area contributed by atoms with Gasteiger partial charge in [0.1, 0.15) is 0 Å². The summed E-state index contributed by atoms with van der Waals surface area (Å²) in [5.41, 5.74) is -0.0646. The second-order valence-electron chi connectivity index (χ2n) is 5.62. The van der Waals surface area contributed by atoms with Gasteiger partial charge in [-0.15, -0.1) is 0 Å². The van der Waals surface area contributed by atoms with Crippen molar-refractivity contribution in [2.75, 3.05) is 25.0 Å². The number of aromatic nitrogens is 1. The van der Waals surface area contributed by atoms with E-state index in [1.165, 1.54) is 0 Å². The highest BCUT2D eigenvalue weighted by Crippen LogP contribution is 2.21. The Morgan fingerprint density at radius 1 is 1.42 bits per heavy atom. The molecule has 0 saturated carbocycles. The van der Waals surface area contributed by atoms with Crippen LogP contribution in [0.5, 0.6) is 0 Å². The number of alkyl halides is 1. The van der Waals surface area contributed by atoms with E-state index in [0.717, 1.165) is 31.5 Å². The van der Waals surface area contributed by atoms with Crippen molar-refractivity contribution in [3.8, 4) is 0 Å². The first-order valence-electron chi connectivity index (χ1n) is 6.62. The third kappa shape index (κ3) is 4.16. The largest absolute Gasteiger partial charge is 0.369 e. The summed E-state index contributed by atoms with van der Waals surface area (Å²) in [5, 5.41) is 0.845. The van der Waals surface area contributed by atoms with Crippen LogP contribution in [-0.2, 0) is 11.3 Å². The van der Waals surface area contributed by atoms with Crippen molar-refractivity contribution in [3.05, 3.63) is 34.7 Å². The monoisotopic (exact) mass is 328 g/mol. The normalized spacial score (nSPS) is 23.4. The van der Waals surface area contributed by atoms with Crippen molar-refractivity contribution < 1.29 is 4.74 Å². The average Bonchev–Trinajstić information content (AvgIpc) is 2.36. The van der Waals surface area contributed by atoms with E-state index in [4.69, 9.17) is 4.74 Å². The summed E-state index contributed by atoms with van der Waals surface area (Å²) in [4.78, 5) is 14.0. The highest BCUT2D eigenvalue weighted by atomic mass is 79.9. The van der Waals surface area contributed by atoms with Crippen LogP contribution in [0.1, 0.15) is 13.8 Å². The van der Waals surface area contributed by atoms with E-state index in [-0.39, 0.29) is 17.3 Å². The molecule has 4 nitrogen and oxygen atoms in total. The number of morpholine rings is 1. The van der Waals surface area contributed by atoms with Gasteiger partial charge in [-0.1, -0.05) is 22.0 Å². The maximum atomic E-state index is 11.7. The number of pyridine rings is 1. The summed E-state index contributed by atoms with van der Waals surface area (Å²) in [5.74, 6) is 0. The van der Waals surface area contributed by atoms with Crippen LogP contribution in [0, 0.1) is 0 Å². The fraction of sp³-hybridized carbons (Fsp3) is 0.643. The standard InChI is InChI=1S/C14H21BrN2O2/c1-14(2)11-16(10-12(9-15)19-14)7-8-17-6-4-3-5-13(17)18/h3-6,12H,7-11H2,1-2H3. The van der Waals surface area contributed by atoms with Gasteiger partial charge in [0.2, 0.25) is 0 Å². The first kappa shape index (κ1) is 14.8. The zero-order valence-electron chi connectivity index (χ0n) is 11.5. The maximum absolute atomic E-state index is 11.7. The van der Waals surface area contributed by atoms with Crippen LogP contribution in [0.15, 0.2) is 29.2 Å². The number of nitrogens with zero attached hydrogens (tertiary/aromatic N) is 2. The number of hydrogen-bond donors (Lipinski definition) is 0. The van der Waals surface area contributed by atoms with Crippen LogP contribution in [0.3, 0.4) is 0 Å². The van der Waals surface area contributed by atoms with E-state index in [0.29, 0.717) is 0 Å². The molecule has 0 bridgehead atoms. The number of rotatable bonds is 4. The summed E-state index contributed by atoms with van der Waals surface area (Å²) in [6.07, 6.45) is 2.06. The second-order valence-corrected chi connectivity index (χ2v) is 6.27. The Kier molecular flexibility index (Phi) is 4.81. The lowest BCUT2D eigenvalue weighted by Gasteiger charge is -2.42. The molecule has 1 aliphatic rings. The van der Waals surface area contributed by atoms with Gasteiger partial charge in [-0.25, -0.2) is 0 Å². The zero-order valence-corrected chi connectivity index (χ0v) is 13.1. The fourth-order valence-electron chi connectivity index (χ4n) is 2.56. The van der Waals surface area contributed by atoms with Gasteiger partial charge in [-0.2, -0.15) is 0 Å². The zero-order chi connectivity index (χ0) is 13.9. The number of halogens is 1. The molecule has 1 aromatic heterocycles. The average molecular weight is 329 g/mol. The van der Waals surface area contributed by atoms with E-state index < -0.39 is 0 Å². The topological polar surface area (TPSA) is 34.5 Å². The van der Waals surface area contributed by atoms with Gasteiger partial charge >= 0.3 is 0 Å². The van der Waals surface area contributed by atoms with Crippen LogP contribution in [0.2, 0.25) is 0 Å². The van der Waals surface area contributed by atoms with Gasteiger partial charge in [0.05, 0.1) is 11.7 Å². The molecule has 1 saturated heterocycles. The molecule has 2 heterocycles. The highest BCUT2D eigenvalue weighted by Gasteiger charge is 2.32. The second kappa shape index (κ2) is 6.20. The summed E-state index contributed by atoms with van der Waals surface area (Å²) >= 11 is 3.49. The summed E-state index contributed by atoms with van der Waals surface area (Å²) in [6, 6.07) is 5.27. The van der Waals surface area contributed by atoms with Gasteiger partial charge in [0, 0.05) is 43.8 Å². The molecule has 0 aromatic carbocycles. The van der Waals surface area contributed by atoms with Crippen molar-refractivity contribution in [2.45, 2.75) is 32.1 Å². The van der Waals surface area contributed by atoms with Crippen molar-refractivity contribution in [2.24, 2.45) is 0 Å². The molecule has 1 fully saturated rings. The van der Waals surface area contributed by atoms with Gasteiger partial charge < -0.3 is 9.30 Å². The highest BCUT2D eigenvalue weighted by molar-refractivity contribution is 9.09. The molecule has 0 spiro atoms. The van der Waals surface area contributed by atoms with Gasteiger partial charge in [-0.05, 0) is 19.9 Å². The fourth-order valence-corrected chi connectivity index (χ4v) is 2.90. The minimum Gasteiger partial charge on any atom is -0.369 e. The lowest BCUT2D eigenvalue weighted by atomic mass is 10.1. The minimum absolute atomic E-state index is 0.0621. The predicted octanol–water partition coefficient (Wildman–Crippen LogP) is 1.72. The summed E-state index contributed by atoms with van der Waals surface area (Å²) in [6.45, 7) is 7.65. The van der Waals surface area contributed by atoms with E-state index in [9.17, 15) is 4.79 Å². The molecule has 19 heavy (non-hydrogen) atoms. The van der Waals surface area contributed by atoms with Crippen molar-refractivity contribution in [1.29, 1.82) is 0 Å². The van der Waals surface area contributed by atoms with Crippen molar-refractivity contribution in [3.63, 3.8) is 0 Å². The molecular weight excluding hydrogens is 308 g/mol. The van der Waals surface area contributed by atoms with Gasteiger partial charge in [0.25, 0.3) is 5.56 Å². The molecule has 0 aliphatic carbocycles. The Balaban J connectivity index is 1.95. The molecule has 1 unspecified atom stereocenters.